The minimum atomic E-state index is -0.113. The molecule has 0 aliphatic heterocycles. The summed E-state index contributed by atoms with van der Waals surface area (Å²) >= 11 is 0. The second-order valence-corrected chi connectivity index (χ2v) is 4.57. The number of nitriles is 1. The lowest BCUT2D eigenvalue weighted by Crippen LogP contribution is -2.02. The van der Waals surface area contributed by atoms with Gasteiger partial charge in [0, 0.05) is 0 Å². The molecule has 0 saturated heterocycles. The van der Waals surface area contributed by atoms with Crippen LogP contribution in [0.15, 0.2) is 0 Å². The van der Waals surface area contributed by atoms with Crippen molar-refractivity contribution in [3.05, 3.63) is 4.85 Å². The molecule has 1 saturated carbocycles. The first kappa shape index (κ1) is 9.07. The second-order valence-electron chi connectivity index (χ2n) is 4.57. The molecule has 0 N–H and O–H groups in total. The predicted molar refractivity (Wildman–Crippen MR) is 48.8 cm³/mol. The van der Waals surface area contributed by atoms with Gasteiger partial charge in [-0.2, -0.15) is 5.26 Å². The van der Waals surface area contributed by atoms with Crippen LogP contribution in [0.1, 0.15) is 33.6 Å². The van der Waals surface area contributed by atoms with E-state index in [9.17, 15) is 0 Å². The zero-order valence-corrected chi connectivity index (χ0v) is 8.02. The van der Waals surface area contributed by atoms with Gasteiger partial charge in [-0.05, 0) is 33.6 Å². The lowest BCUT2D eigenvalue weighted by atomic mass is 10.00. The van der Waals surface area contributed by atoms with E-state index in [4.69, 9.17) is 5.26 Å². The molecule has 0 aromatic rings. The molecule has 0 bridgehead atoms. The minimum absolute atomic E-state index is 0.0194. The number of nitrogens with zero attached hydrogens (tertiary/aromatic N) is 2. The molecule has 2 nitrogen and oxygen atoms in total. The quantitative estimate of drug-likeness (QED) is 0.584. The maximum atomic E-state index is 8.75. The predicted octanol–water partition coefficient (Wildman–Crippen LogP) is 2.67. The van der Waals surface area contributed by atoms with E-state index in [1.54, 1.807) is 0 Å². The molecule has 1 aliphatic rings. The van der Waals surface area contributed by atoms with Crippen LogP contribution in [0.25, 0.3) is 4.85 Å². The molecular formula is C10H15N2+. The van der Waals surface area contributed by atoms with Gasteiger partial charge in [0.2, 0.25) is 0 Å². The Morgan fingerprint density at radius 2 is 2.00 bits per heavy atom. The van der Waals surface area contributed by atoms with E-state index < -0.39 is 0 Å². The fourth-order valence-electron chi connectivity index (χ4n) is 0.884. The summed E-state index contributed by atoms with van der Waals surface area (Å²) in [5, 5.41) is 8.75. The molecule has 0 amide bonds. The first-order valence-electron chi connectivity index (χ1n) is 4.32. The third-order valence-electron chi connectivity index (χ3n) is 1.89. The van der Waals surface area contributed by atoms with Crippen LogP contribution in [0.2, 0.25) is 0 Å². The molecule has 0 atom stereocenters. The average Bonchev–Trinajstić information content (AvgIpc) is 2.67. The number of rotatable bonds is 1. The van der Waals surface area contributed by atoms with Crippen molar-refractivity contribution in [3.8, 4) is 12.1 Å². The Morgan fingerprint density at radius 3 is 2.33 bits per heavy atom. The largest absolute Gasteiger partial charge is 0.281 e. The molecule has 0 heterocycles. The van der Waals surface area contributed by atoms with Gasteiger partial charge in [0.25, 0.3) is 12.6 Å². The molecule has 64 valence electrons. The zero-order valence-electron chi connectivity index (χ0n) is 8.02. The summed E-state index contributed by atoms with van der Waals surface area (Å²) in [7, 11) is 0. The van der Waals surface area contributed by atoms with E-state index in [0.717, 1.165) is 12.8 Å². The molecule has 1 fully saturated rings. The highest BCUT2D eigenvalue weighted by atomic mass is 14.7. The highest BCUT2D eigenvalue weighted by Crippen LogP contribution is 2.45. The van der Waals surface area contributed by atoms with Gasteiger partial charge in [-0.3, -0.25) is 0 Å². The highest BCUT2D eigenvalue weighted by molar-refractivity contribution is 5.15. The standard InChI is InChI=1S/C10H15N2/c1-9(2,3)7-12-8-10(6-11)4-5-10/h4-5,8H2,1-3H3/q+1. The van der Waals surface area contributed by atoms with E-state index in [-0.39, 0.29) is 10.8 Å². The Kier molecular flexibility index (Phi) is 2.11. The molecule has 0 unspecified atom stereocenters. The first-order chi connectivity index (χ1) is 5.47. The van der Waals surface area contributed by atoms with E-state index >= 15 is 0 Å². The van der Waals surface area contributed by atoms with Crippen LogP contribution in [0.5, 0.6) is 0 Å². The molecule has 0 spiro atoms. The van der Waals surface area contributed by atoms with Crippen molar-refractivity contribution in [1.29, 1.82) is 5.26 Å². The van der Waals surface area contributed by atoms with Crippen molar-refractivity contribution in [3.63, 3.8) is 0 Å². The van der Waals surface area contributed by atoms with E-state index in [0.29, 0.717) is 6.54 Å². The third kappa shape index (κ3) is 2.55. The third-order valence-corrected chi connectivity index (χ3v) is 1.89. The molecular weight excluding hydrogens is 148 g/mol. The minimum Gasteiger partial charge on any atom is -0.197 e. The fraction of sp³-hybridized carbons (Fsp3) is 0.800. The number of hydrogen-bond acceptors (Lipinski definition) is 1. The molecule has 1 rings (SSSR count). The van der Waals surface area contributed by atoms with Gasteiger partial charge in [0.05, 0.1) is 11.5 Å². The maximum absolute atomic E-state index is 8.75. The molecule has 0 radical (unpaired) electrons. The van der Waals surface area contributed by atoms with Crippen molar-refractivity contribution >= 4 is 0 Å². The summed E-state index contributed by atoms with van der Waals surface area (Å²) < 4.78 is 0. The Hall–Kier alpha value is -1.02. The van der Waals surface area contributed by atoms with Gasteiger partial charge in [-0.15, -0.1) is 0 Å². The lowest BCUT2D eigenvalue weighted by Gasteiger charge is -1.97. The van der Waals surface area contributed by atoms with Gasteiger partial charge < -0.3 is 0 Å². The van der Waals surface area contributed by atoms with Crippen LogP contribution in [0.4, 0.5) is 0 Å². The Balaban J connectivity index is 2.44. The summed E-state index contributed by atoms with van der Waals surface area (Å²) in [4.78, 5) is 4.18. The van der Waals surface area contributed by atoms with Gasteiger partial charge in [0.1, 0.15) is 5.41 Å². The van der Waals surface area contributed by atoms with Crippen LogP contribution in [0.3, 0.4) is 0 Å². The smallest absolute Gasteiger partial charge is 0.197 e. The summed E-state index contributed by atoms with van der Waals surface area (Å²) in [6.45, 7) is 6.81. The van der Waals surface area contributed by atoms with Crippen molar-refractivity contribution in [1.82, 2.24) is 0 Å². The van der Waals surface area contributed by atoms with Gasteiger partial charge in [0.15, 0.2) is 0 Å². The van der Waals surface area contributed by atoms with Gasteiger partial charge >= 0.3 is 0 Å². The maximum Gasteiger partial charge on any atom is 0.281 e. The van der Waals surface area contributed by atoms with Gasteiger partial charge in [-0.1, -0.05) is 4.85 Å². The summed E-state index contributed by atoms with van der Waals surface area (Å²) in [6.07, 6.45) is 2.03. The SMILES string of the molecule is CC(C)(C)C#[N+]CC1(C#N)CC1. The Morgan fingerprint density at radius 1 is 1.42 bits per heavy atom. The lowest BCUT2D eigenvalue weighted by molar-refractivity contribution is 0.567. The molecule has 2 heteroatoms. The van der Waals surface area contributed by atoms with Crippen molar-refractivity contribution in [2.24, 2.45) is 10.8 Å². The van der Waals surface area contributed by atoms with E-state index in [1.807, 2.05) is 0 Å². The number of hydrogen-bond donors (Lipinski definition) is 0. The highest BCUT2D eigenvalue weighted by Gasteiger charge is 2.48. The average molecular weight is 163 g/mol. The molecule has 1 aliphatic carbocycles. The summed E-state index contributed by atoms with van der Waals surface area (Å²) in [5.74, 6) is 0. The molecule has 12 heavy (non-hydrogen) atoms. The van der Waals surface area contributed by atoms with Crippen LogP contribution in [-0.4, -0.2) is 6.54 Å². The summed E-state index contributed by atoms with van der Waals surface area (Å²) in [6, 6.07) is 5.33. The van der Waals surface area contributed by atoms with Crippen molar-refractivity contribution in [2.75, 3.05) is 6.54 Å². The fourth-order valence-corrected chi connectivity index (χ4v) is 0.884. The van der Waals surface area contributed by atoms with Crippen LogP contribution in [-0.2, 0) is 0 Å². The second kappa shape index (κ2) is 2.79. The molecule has 0 aromatic carbocycles. The van der Waals surface area contributed by atoms with Crippen molar-refractivity contribution < 1.29 is 0 Å². The monoisotopic (exact) mass is 163 g/mol. The van der Waals surface area contributed by atoms with Crippen LogP contribution in [0, 0.1) is 28.2 Å². The van der Waals surface area contributed by atoms with Gasteiger partial charge in [-0.25, -0.2) is 0 Å². The Labute approximate surface area is 74.0 Å². The van der Waals surface area contributed by atoms with Crippen LogP contribution >= 0.6 is 0 Å². The topological polar surface area (TPSA) is 28.1 Å². The van der Waals surface area contributed by atoms with Crippen molar-refractivity contribution in [2.45, 2.75) is 33.6 Å². The van der Waals surface area contributed by atoms with E-state index in [2.05, 4.69) is 37.8 Å². The van der Waals surface area contributed by atoms with Crippen LogP contribution < -0.4 is 0 Å². The molecule has 0 aromatic heterocycles. The normalized spacial score (nSPS) is 18.8. The Bertz CT molecular complexity index is 263. The summed E-state index contributed by atoms with van der Waals surface area (Å²) in [5.41, 5.74) is -0.0935. The van der Waals surface area contributed by atoms with E-state index in [1.165, 1.54) is 0 Å². The first-order valence-corrected chi connectivity index (χ1v) is 4.32. The zero-order chi connectivity index (χ0) is 9.24.